The molecule has 19 heavy (non-hydrogen) atoms. The number of hydrogen-bond donors (Lipinski definition) is 2. The second-order valence-corrected chi connectivity index (χ2v) is 5.12. The number of likely N-dealkylation sites (tertiary alicyclic amines) is 1. The van der Waals surface area contributed by atoms with Crippen molar-refractivity contribution >= 4 is 11.6 Å². The Bertz CT molecular complexity index is 414. The number of nitrogens with zero attached hydrogens (tertiary/aromatic N) is 1. The normalized spacial score (nSPS) is 16.3. The fourth-order valence-corrected chi connectivity index (χ4v) is 2.48. The molecule has 3 N–H and O–H groups in total. The number of anilines is 1. The summed E-state index contributed by atoms with van der Waals surface area (Å²) in [5, 5.41) is 2.88. The molecule has 0 bridgehead atoms. The Morgan fingerprint density at radius 1 is 1.26 bits per heavy atom. The minimum atomic E-state index is -0.0161. The largest absolute Gasteiger partial charge is 0.330 e. The van der Waals surface area contributed by atoms with Gasteiger partial charge in [0.05, 0.1) is 0 Å². The average Bonchev–Trinajstić information content (AvgIpc) is 2.40. The summed E-state index contributed by atoms with van der Waals surface area (Å²) < 4.78 is 0. The van der Waals surface area contributed by atoms with Gasteiger partial charge in [-0.1, -0.05) is 18.6 Å². The van der Waals surface area contributed by atoms with Crippen molar-refractivity contribution in [3.63, 3.8) is 0 Å². The highest BCUT2D eigenvalue weighted by atomic mass is 16.1. The van der Waals surface area contributed by atoms with E-state index < -0.39 is 0 Å². The SMILES string of the molecule is NCCC(=O)Nc1cccc(CN2CCCCC2)c1. The molecule has 1 amide bonds. The van der Waals surface area contributed by atoms with Crippen molar-refractivity contribution in [3.05, 3.63) is 29.8 Å². The van der Waals surface area contributed by atoms with Gasteiger partial charge in [0.15, 0.2) is 0 Å². The number of carbonyl (C=O) groups excluding carboxylic acids is 1. The molecule has 1 heterocycles. The van der Waals surface area contributed by atoms with Crippen LogP contribution in [0, 0.1) is 0 Å². The molecule has 0 aliphatic carbocycles. The van der Waals surface area contributed by atoms with E-state index in [0.29, 0.717) is 13.0 Å². The van der Waals surface area contributed by atoms with Crippen LogP contribution in [0.15, 0.2) is 24.3 Å². The summed E-state index contributed by atoms with van der Waals surface area (Å²) in [6.07, 6.45) is 4.32. The lowest BCUT2D eigenvalue weighted by Gasteiger charge is -2.26. The van der Waals surface area contributed by atoms with Crippen molar-refractivity contribution in [3.8, 4) is 0 Å². The van der Waals surface area contributed by atoms with Gasteiger partial charge < -0.3 is 11.1 Å². The Hall–Kier alpha value is -1.39. The van der Waals surface area contributed by atoms with Crippen LogP contribution >= 0.6 is 0 Å². The standard InChI is InChI=1S/C15H23N3O/c16-8-7-15(19)17-14-6-4-5-13(11-14)12-18-9-2-1-3-10-18/h4-6,11H,1-3,7-10,12,16H2,(H,17,19). The highest BCUT2D eigenvalue weighted by molar-refractivity contribution is 5.90. The number of amides is 1. The minimum Gasteiger partial charge on any atom is -0.330 e. The third-order valence-corrected chi connectivity index (χ3v) is 3.44. The number of nitrogens with one attached hydrogen (secondary N) is 1. The van der Waals surface area contributed by atoms with Crippen molar-refractivity contribution in [2.45, 2.75) is 32.2 Å². The van der Waals surface area contributed by atoms with Crippen molar-refractivity contribution in [1.82, 2.24) is 4.90 Å². The zero-order valence-corrected chi connectivity index (χ0v) is 11.4. The van der Waals surface area contributed by atoms with Gasteiger partial charge in [-0.05, 0) is 43.6 Å². The van der Waals surface area contributed by atoms with E-state index in [1.54, 1.807) is 0 Å². The smallest absolute Gasteiger partial charge is 0.225 e. The van der Waals surface area contributed by atoms with Crippen LogP contribution in [0.3, 0.4) is 0 Å². The molecule has 4 heteroatoms. The summed E-state index contributed by atoms with van der Waals surface area (Å²) >= 11 is 0. The maximum atomic E-state index is 11.5. The third kappa shape index (κ3) is 4.65. The summed E-state index contributed by atoms with van der Waals surface area (Å²) in [4.78, 5) is 14.0. The molecule has 2 rings (SSSR count). The van der Waals surface area contributed by atoms with Gasteiger partial charge in [0.2, 0.25) is 5.91 Å². The molecular weight excluding hydrogens is 238 g/mol. The minimum absolute atomic E-state index is 0.0161. The molecule has 1 aromatic rings. The molecule has 1 aromatic carbocycles. The van der Waals surface area contributed by atoms with Crippen LogP contribution < -0.4 is 11.1 Å². The number of carbonyl (C=O) groups is 1. The molecule has 0 atom stereocenters. The van der Waals surface area contributed by atoms with Gasteiger partial charge in [0.25, 0.3) is 0 Å². The van der Waals surface area contributed by atoms with Crippen LogP contribution in [-0.4, -0.2) is 30.4 Å². The van der Waals surface area contributed by atoms with Gasteiger partial charge in [-0.3, -0.25) is 9.69 Å². The maximum absolute atomic E-state index is 11.5. The van der Waals surface area contributed by atoms with Crippen LogP contribution in [0.4, 0.5) is 5.69 Å². The van der Waals surface area contributed by atoms with Gasteiger partial charge in [-0.2, -0.15) is 0 Å². The van der Waals surface area contributed by atoms with Crippen LogP contribution in [0.1, 0.15) is 31.2 Å². The summed E-state index contributed by atoms with van der Waals surface area (Å²) in [6.45, 7) is 3.73. The number of piperidine rings is 1. The second kappa shape index (κ2) is 7.26. The van der Waals surface area contributed by atoms with E-state index in [1.807, 2.05) is 12.1 Å². The first kappa shape index (κ1) is 14.0. The van der Waals surface area contributed by atoms with Crippen LogP contribution in [0.5, 0.6) is 0 Å². The Labute approximate surface area is 115 Å². The van der Waals surface area contributed by atoms with Crippen molar-refractivity contribution in [2.24, 2.45) is 5.73 Å². The zero-order valence-electron chi connectivity index (χ0n) is 11.4. The first-order chi connectivity index (χ1) is 9.28. The molecule has 0 radical (unpaired) electrons. The zero-order chi connectivity index (χ0) is 13.5. The van der Waals surface area contributed by atoms with Gasteiger partial charge in [-0.15, -0.1) is 0 Å². The molecule has 0 saturated carbocycles. The van der Waals surface area contributed by atoms with Gasteiger partial charge >= 0.3 is 0 Å². The van der Waals surface area contributed by atoms with E-state index in [1.165, 1.54) is 37.9 Å². The molecule has 4 nitrogen and oxygen atoms in total. The molecule has 0 unspecified atom stereocenters. The Morgan fingerprint density at radius 3 is 2.79 bits per heavy atom. The summed E-state index contributed by atoms with van der Waals surface area (Å²) in [5.41, 5.74) is 7.49. The lowest BCUT2D eigenvalue weighted by Crippen LogP contribution is -2.29. The van der Waals surface area contributed by atoms with E-state index in [-0.39, 0.29) is 5.91 Å². The predicted molar refractivity (Wildman–Crippen MR) is 77.9 cm³/mol. The fourth-order valence-electron chi connectivity index (χ4n) is 2.48. The van der Waals surface area contributed by atoms with E-state index in [4.69, 9.17) is 5.73 Å². The first-order valence-electron chi connectivity index (χ1n) is 7.09. The van der Waals surface area contributed by atoms with E-state index in [9.17, 15) is 4.79 Å². The number of hydrogen-bond acceptors (Lipinski definition) is 3. The van der Waals surface area contributed by atoms with Crippen LogP contribution in [0.2, 0.25) is 0 Å². The molecule has 1 aliphatic heterocycles. The van der Waals surface area contributed by atoms with E-state index >= 15 is 0 Å². The average molecular weight is 261 g/mol. The second-order valence-electron chi connectivity index (χ2n) is 5.12. The van der Waals surface area contributed by atoms with Gasteiger partial charge in [-0.25, -0.2) is 0 Å². The first-order valence-corrected chi connectivity index (χ1v) is 7.09. The lowest BCUT2D eigenvalue weighted by molar-refractivity contribution is -0.116. The van der Waals surface area contributed by atoms with Crippen LogP contribution in [0.25, 0.3) is 0 Å². The van der Waals surface area contributed by atoms with Crippen molar-refractivity contribution < 1.29 is 4.79 Å². The molecule has 1 fully saturated rings. The van der Waals surface area contributed by atoms with Gasteiger partial charge in [0.1, 0.15) is 0 Å². The molecule has 0 aromatic heterocycles. The predicted octanol–water partition coefficient (Wildman–Crippen LogP) is 1.96. The summed E-state index contributed by atoms with van der Waals surface area (Å²) in [7, 11) is 0. The highest BCUT2D eigenvalue weighted by Crippen LogP contribution is 2.16. The molecule has 0 spiro atoms. The van der Waals surface area contributed by atoms with Crippen LogP contribution in [-0.2, 0) is 11.3 Å². The number of benzene rings is 1. The Balaban J connectivity index is 1.92. The van der Waals surface area contributed by atoms with Crippen molar-refractivity contribution in [1.29, 1.82) is 0 Å². The summed E-state index contributed by atoms with van der Waals surface area (Å²) in [6, 6.07) is 8.10. The van der Waals surface area contributed by atoms with Gasteiger partial charge in [0, 0.05) is 25.2 Å². The van der Waals surface area contributed by atoms with Crippen molar-refractivity contribution in [2.75, 3.05) is 25.0 Å². The van der Waals surface area contributed by atoms with E-state index in [0.717, 1.165) is 12.2 Å². The highest BCUT2D eigenvalue weighted by Gasteiger charge is 2.10. The maximum Gasteiger partial charge on any atom is 0.225 e. The number of nitrogens with two attached hydrogens (primary N) is 1. The molecule has 104 valence electrons. The fraction of sp³-hybridized carbons (Fsp3) is 0.533. The van der Waals surface area contributed by atoms with E-state index in [2.05, 4.69) is 22.3 Å². The monoisotopic (exact) mass is 261 g/mol. The summed E-state index contributed by atoms with van der Waals surface area (Å²) in [5.74, 6) is -0.0161. The molecular formula is C15H23N3O. The molecule has 1 aliphatic rings. The topological polar surface area (TPSA) is 58.4 Å². The number of rotatable bonds is 5. The molecule has 1 saturated heterocycles. The quantitative estimate of drug-likeness (QED) is 0.852. The Morgan fingerprint density at radius 2 is 2.05 bits per heavy atom. The Kier molecular flexibility index (Phi) is 5.36. The lowest BCUT2D eigenvalue weighted by atomic mass is 10.1. The third-order valence-electron chi connectivity index (χ3n) is 3.44.